The van der Waals surface area contributed by atoms with Gasteiger partial charge in [-0.3, -0.25) is 9.59 Å². The van der Waals surface area contributed by atoms with Crippen molar-refractivity contribution >= 4 is 40.9 Å². The lowest BCUT2D eigenvalue weighted by molar-refractivity contribution is -0.137. The standard InChI is InChI=1S/C12H15ClN2O4S/c1-19-10-3-2-7(13)4-9(10)15-11(16)6-20-5-8(14)12(17)18/h2-4,8H,5-6,14H2,1H3,(H,15,16)(H,17,18)/t8-/m1/s1. The number of hydrogen-bond donors (Lipinski definition) is 3. The molecule has 0 aromatic heterocycles. The first kappa shape index (κ1) is 16.6. The summed E-state index contributed by atoms with van der Waals surface area (Å²) in [6.07, 6.45) is 0. The van der Waals surface area contributed by atoms with Gasteiger partial charge in [-0.1, -0.05) is 11.6 Å². The lowest BCUT2D eigenvalue weighted by Gasteiger charge is -2.11. The van der Waals surface area contributed by atoms with E-state index in [0.717, 1.165) is 11.8 Å². The summed E-state index contributed by atoms with van der Waals surface area (Å²) >= 11 is 6.99. The van der Waals surface area contributed by atoms with Gasteiger partial charge in [0.25, 0.3) is 0 Å². The van der Waals surface area contributed by atoms with Crippen LogP contribution in [0.15, 0.2) is 18.2 Å². The average Bonchev–Trinajstić information content (AvgIpc) is 2.38. The van der Waals surface area contributed by atoms with Gasteiger partial charge in [-0.05, 0) is 18.2 Å². The molecule has 0 unspecified atom stereocenters. The van der Waals surface area contributed by atoms with Crippen molar-refractivity contribution in [3.05, 3.63) is 23.2 Å². The van der Waals surface area contributed by atoms with E-state index in [1.54, 1.807) is 18.2 Å². The molecule has 20 heavy (non-hydrogen) atoms. The first-order valence-corrected chi connectivity index (χ1v) is 7.17. The number of anilines is 1. The SMILES string of the molecule is COc1ccc(Cl)cc1NC(=O)CSC[C@@H](N)C(=O)O. The number of nitrogens with two attached hydrogens (primary N) is 1. The van der Waals surface area contributed by atoms with E-state index in [9.17, 15) is 9.59 Å². The van der Waals surface area contributed by atoms with Crippen LogP contribution in [0.3, 0.4) is 0 Å². The Labute approximate surface area is 125 Å². The predicted molar refractivity (Wildman–Crippen MR) is 79.6 cm³/mol. The van der Waals surface area contributed by atoms with Crippen LogP contribution in [0, 0.1) is 0 Å². The van der Waals surface area contributed by atoms with Crippen molar-refractivity contribution in [1.82, 2.24) is 0 Å². The zero-order valence-electron chi connectivity index (χ0n) is 10.8. The van der Waals surface area contributed by atoms with Crippen LogP contribution >= 0.6 is 23.4 Å². The first-order chi connectivity index (χ1) is 9.43. The molecule has 0 heterocycles. The molecule has 0 spiro atoms. The van der Waals surface area contributed by atoms with E-state index in [1.807, 2.05) is 0 Å². The Morgan fingerprint density at radius 2 is 2.25 bits per heavy atom. The molecule has 8 heteroatoms. The minimum atomic E-state index is -1.09. The summed E-state index contributed by atoms with van der Waals surface area (Å²) in [5.74, 6) is -0.621. The molecule has 0 aliphatic rings. The molecule has 0 aliphatic carbocycles. The van der Waals surface area contributed by atoms with Gasteiger partial charge in [-0.25, -0.2) is 0 Å². The van der Waals surface area contributed by atoms with Crippen LogP contribution in [0.1, 0.15) is 0 Å². The lowest BCUT2D eigenvalue weighted by atomic mass is 10.3. The Morgan fingerprint density at radius 1 is 1.55 bits per heavy atom. The zero-order chi connectivity index (χ0) is 15.1. The number of methoxy groups -OCH3 is 1. The molecule has 1 rings (SSSR count). The maximum atomic E-state index is 11.7. The average molecular weight is 319 g/mol. The Balaban J connectivity index is 2.50. The Bertz CT molecular complexity index is 498. The number of carboxylic acid groups (broad SMARTS) is 1. The summed E-state index contributed by atoms with van der Waals surface area (Å²) in [7, 11) is 1.49. The molecule has 4 N–H and O–H groups in total. The van der Waals surface area contributed by atoms with Crippen molar-refractivity contribution in [2.75, 3.05) is 23.9 Å². The summed E-state index contributed by atoms with van der Waals surface area (Å²) in [5.41, 5.74) is 5.80. The number of rotatable bonds is 7. The Morgan fingerprint density at radius 3 is 2.85 bits per heavy atom. The number of carbonyl (C=O) groups is 2. The van der Waals surface area contributed by atoms with Crippen molar-refractivity contribution in [3.63, 3.8) is 0 Å². The summed E-state index contributed by atoms with van der Waals surface area (Å²) in [5, 5.41) is 11.7. The molecule has 0 radical (unpaired) electrons. The van der Waals surface area contributed by atoms with Gasteiger partial charge in [0, 0.05) is 10.8 Å². The van der Waals surface area contributed by atoms with Crippen LogP contribution in [0.4, 0.5) is 5.69 Å². The highest BCUT2D eigenvalue weighted by molar-refractivity contribution is 8.00. The molecule has 0 bridgehead atoms. The van der Waals surface area contributed by atoms with Crippen LogP contribution in [0.25, 0.3) is 0 Å². The van der Waals surface area contributed by atoms with E-state index in [0.29, 0.717) is 16.5 Å². The van der Waals surface area contributed by atoms with Crippen LogP contribution < -0.4 is 15.8 Å². The quantitative estimate of drug-likeness (QED) is 0.703. The number of halogens is 1. The molecule has 0 fully saturated rings. The van der Waals surface area contributed by atoms with Gasteiger partial charge in [0.1, 0.15) is 11.8 Å². The highest BCUT2D eigenvalue weighted by atomic mass is 35.5. The number of nitrogens with one attached hydrogen (secondary N) is 1. The summed E-state index contributed by atoms with van der Waals surface area (Å²) < 4.78 is 5.10. The molecule has 1 aromatic rings. The minimum Gasteiger partial charge on any atom is -0.495 e. The normalized spacial score (nSPS) is 11.8. The predicted octanol–water partition coefficient (Wildman–Crippen LogP) is 1.43. The zero-order valence-corrected chi connectivity index (χ0v) is 12.3. The molecule has 1 atom stereocenters. The molecule has 1 amide bonds. The summed E-state index contributed by atoms with van der Waals surface area (Å²) in [4.78, 5) is 22.2. The molecule has 0 saturated carbocycles. The molecule has 6 nitrogen and oxygen atoms in total. The van der Waals surface area contributed by atoms with E-state index < -0.39 is 12.0 Å². The van der Waals surface area contributed by atoms with Crippen molar-refractivity contribution in [1.29, 1.82) is 0 Å². The fourth-order valence-corrected chi connectivity index (χ4v) is 2.26. The van der Waals surface area contributed by atoms with Crippen molar-refractivity contribution < 1.29 is 19.4 Å². The van der Waals surface area contributed by atoms with Crippen molar-refractivity contribution in [2.24, 2.45) is 5.73 Å². The topological polar surface area (TPSA) is 102 Å². The van der Waals surface area contributed by atoms with Crippen LogP contribution in [-0.4, -0.2) is 41.6 Å². The van der Waals surface area contributed by atoms with Gasteiger partial charge < -0.3 is 20.9 Å². The molecule has 1 aromatic carbocycles. The fraction of sp³-hybridized carbons (Fsp3) is 0.333. The van der Waals surface area contributed by atoms with Crippen molar-refractivity contribution in [3.8, 4) is 5.75 Å². The minimum absolute atomic E-state index is 0.0939. The van der Waals surface area contributed by atoms with Crippen LogP contribution in [0.2, 0.25) is 5.02 Å². The smallest absolute Gasteiger partial charge is 0.321 e. The molecular weight excluding hydrogens is 304 g/mol. The van der Waals surface area contributed by atoms with Gasteiger partial charge in [-0.15, -0.1) is 11.8 Å². The maximum Gasteiger partial charge on any atom is 0.321 e. The van der Waals surface area contributed by atoms with E-state index in [1.165, 1.54) is 7.11 Å². The third kappa shape index (κ3) is 5.28. The number of benzene rings is 1. The van der Waals surface area contributed by atoms with Gasteiger partial charge >= 0.3 is 5.97 Å². The van der Waals surface area contributed by atoms with Crippen molar-refractivity contribution in [2.45, 2.75) is 6.04 Å². The van der Waals surface area contributed by atoms with Gasteiger partial charge in [-0.2, -0.15) is 0 Å². The van der Waals surface area contributed by atoms with E-state index in [4.69, 9.17) is 27.2 Å². The molecule has 110 valence electrons. The highest BCUT2D eigenvalue weighted by Crippen LogP contribution is 2.27. The van der Waals surface area contributed by atoms with Gasteiger partial charge in [0.2, 0.25) is 5.91 Å². The Hall–Kier alpha value is -1.44. The van der Waals surface area contributed by atoms with Crippen LogP contribution in [0.5, 0.6) is 5.75 Å². The van der Waals surface area contributed by atoms with E-state index >= 15 is 0 Å². The summed E-state index contributed by atoms with van der Waals surface area (Å²) in [6.45, 7) is 0. The number of amides is 1. The molecule has 0 aliphatic heterocycles. The number of ether oxygens (including phenoxy) is 1. The number of carboxylic acids is 1. The number of thioether (sulfide) groups is 1. The number of carbonyl (C=O) groups excluding carboxylic acids is 1. The van der Waals surface area contributed by atoms with Gasteiger partial charge in [0.05, 0.1) is 18.6 Å². The second kappa shape index (κ2) is 7.98. The fourth-order valence-electron chi connectivity index (χ4n) is 1.31. The first-order valence-electron chi connectivity index (χ1n) is 5.63. The third-order valence-electron chi connectivity index (χ3n) is 2.28. The highest BCUT2D eigenvalue weighted by Gasteiger charge is 2.13. The third-order valence-corrected chi connectivity index (χ3v) is 3.58. The van der Waals surface area contributed by atoms with E-state index in [2.05, 4.69) is 5.32 Å². The van der Waals surface area contributed by atoms with E-state index in [-0.39, 0.29) is 17.4 Å². The second-order valence-corrected chi connectivity index (χ2v) is 5.32. The lowest BCUT2D eigenvalue weighted by Crippen LogP contribution is -2.33. The molecule has 0 saturated heterocycles. The number of aliphatic carboxylic acids is 1. The van der Waals surface area contributed by atoms with Crippen LogP contribution in [-0.2, 0) is 9.59 Å². The summed E-state index contributed by atoms with van der Waals surface area (Å²) in [6, 6.07) is 3.89. The molecular formula is C12H15ClN2O4S. The monoisotopic (exact) mass is 318 g/mol. The largest absolute Gasteiger partial charge is 0.495 e. The Kier molecular flexibility index (Phi) is 6.63. The van der Waals surface area contributed by atoms with Gasteiger partial charge in [0.15, 0.2) is 0 Å². The maximum absolute atomic E-state index is 11.7. The number of hydrogen-bond acceptors (Lipinski definition) is 5. The second-order valence-electron chi connectivity index (χ2n) is 3.85.